The van der Waals surface area contributed by atoms with Crippen molar-refractivity contribution in [1.29, 1.82) is 0 Å². The molecule has 3 aromatic rings. The van der Waals surface area contributed by atoms with Crippen LogP contribution in [0.15, 0.2) is 89.8 Å². The number of hydrogen-bond acceptors (Lipinski definition) is 3. The van der Waals surface area contributed by atoms with Crippen LogP contribution in [0.2, 0.25) is 0 Å². The first-order valence-corrected chi connectivity index (χ1v) is 12.2. The van der Waals surface area contributed by atoms with Gasteiger partial charge in [0.2, 0.25) is 10.0 Å². The Balaban J connectivity index is 1.55. The molecule has 32 heavy (non-hydrogen) atoms. The van der Waals surface area contributed by atoms with E-state index in [1.54, 1.807) is 28.6 Å². The van der Waals surface area contributed by atoms with Crippen LogP contribution in [0.25, 0.3) is 11.6 Å². The van der Waals surface area contributed by atoms with Crippen molar-refractivity contribution in [2.75, 3.05) is 18.4 Å². The SMILES string of the molecule is O=C(Nc1ccc(S(=O)(=O)N2CCCCC2)cc1)/C(=C/c1ccccc1)c1ccccc1. The lowest BCUT2D eigenvalue weighted by Gasteiger charge is -2.25. The predicted octanol–water partition coefficient (Wildman–Crippen LogP) is 5.04. The van der Waals surface area contributed by atoms with Crippen molar-refractivity contribution in [2.45, 2.75) is 24.2 Å². The van der Waals surface area contributed by atoms with E-state index < -0.39 is 10.0 Å². The maximum absolute atomic E-state index is 13.1. The third kappa shape index (κ3) is 5.15. The second-order valence-corrected chi connectivity index (χ2v) is 9.72. The number of benzene rings is 3. The fourth-order valence-corrected chi connectivity index (χ4v) is 5.29. The highest BCUT2D eigenvalue weighted by Gasteiger charge is 2.25. The van der Waals surface area contributed by atoms with E-state index >= 15 is 0 Å². The molecule has 1 N–H and O–H groups in total. The monoisotopic (exact) mass is 446 g/mol. The standard InChI is InChI=1S/C26H26N2O3S/c29-26(25(22-12-6-2-7-13-22)20-21-10-4-1-5-11-21)27-23-14-16-24(17-15-23)32(30,31)28-18-8-3-9-19-28/h1-2,4-7,10-17,20H,3,8-9,18-19H2,(H,27,29)/b25-20+. The van der Waals surface area contributed by atoms with E-state index in [0.29, 0.717) is 24.4 Å². The zero-order valence-corrected chi connectivity index (χ0v) is 18.6. The molecule has 1 saturated heterocycles. The van der Waals surface area contributed by atoms with Gasteiger partial charge >= 0.3 is 0 Å². The minimum atomic E-state index is -3.50. The van der Waals surface area contributed by atoms with Crippen LogP contribution in [0, 0.1) is 0 Å². The summed E-state index contributed by atoms with van der Waals surface area (Å²) in [6.45, 7) is 1.12. The first-order chi connectivity index (χ1) is 15.5. The molecule has 0 aliphatic carbocycles. The van der Waals surface area contributed by atoms with E-state index in [0.717, 1.165) is 30.4 Å². The molecular weight excluding hydrogens is 420 g/mol. The number of amides is 1. The molecule has 0 unspecified atom stereocenters. The fraction of sp³-hybridized carbons (Fsp3) is 0.192. The average molecular weight is 447 g/mol. The highest BCUT2D eigenvalue weighted by Crippen LogP contribution is 2.24. The van der Waals surface area contributed by atoms with Crippen LogP contribution in [-0.2, 0) is 14.8 Å². The molecular formula is C26H26N2O3S. The van der Waals surface area contributed by atoms with Crippen molar-refractivity contribution in [1.82, 2.24) is 4.31 Å². The number of carbonyl (C=O) groups excluding carboxylic acids is 1. The molecule has 1 amide bonds. The van der Waals surface area contributed by atoms with E-state index in [1.807, 2.05) is 66.7 Å². The summed E-state index contributed by atoms with van der Waals surface area (Å²) in [7, 11) is -3.50. The van der Waals surface area contributed by atoms with E-state index in [-0.39, 0.29) is 10.8 Å². The van der Waals surface area contributed by atoms with Crippen LogP contribution >= 0.6 is 0 Å². The van der Waals surface area contributed by atoms with Gasteiger partial charge in [0.15, 0.2) is 0 Å². The molecule has 164 valence electrons. The van der Waals surface area contributed by atoms with Gasteiger partial charge in [0.25, 0.3) is 5.91 Å². The summed E-state index contributed by atoms with van der Waals surface area (Å²) in [6.07, 6.45) is 4.70. The van der Waals surface area contributed by atoms with Gasteiger partial charge in [0.1, 0.15) is 0 Å². The molecule has 5 nitrogen and oxygen atoms in total. The predicted molar refractivity (Wildman–Crippen MR) is 128 cm³/mol. The van der Waals surface area contributed by atoms with Crippen LogP contribution < -0.4 is 5.32 Å². The van der Waals surface area contributed by atoms with Gasteiger partial charge in [-0.25, -0.2) is 8.42 Å². The Kier molecular flexibility index (Phi) is 6.83. The molecule has 1 aliphatic rings. The number of hydrogen-bond donors (Lipinski definition) is 1. The Hall–Kier alpha value is -3.22. The highest BCUT2D eigenvalue weighted by molar-refractivity contribution is 7.89. The summed E-state index contributed by atoms with van der Waals surface area (Å²) in [6, 6.07) is 25.5. The number of carbonyl (C=O) groups is 1. The summed E-state index contributed by atoms with van der Waals surface area (Å²) in [4.78, 5) is 13.4. The Morgan fingerprint density at radius 2 is 1.38 bits per heavy atom. The summed E-state index contributed by atoms with van der Waals surface area (Å²) < 4.78 is 27.2. The lowest BCUT2D eigenvalue weighted by atomic mass is 10.0. The van der Waals surface area contributed by atoms with Gasteiger partial charge in [-0.05, 0) is 54.3 Å². The number of nitrogens with zero attached hydrogens (tertiary/aromatic N) is 1. The second-order valence-electron chi connectivity index (χ2n) is 7.78. The Labute approximate surface area is 189 Å². The summed E-state index contributed by atoms with van der Waals surface area (Å²) in [5.41, 5.74) is 2.80. The number of nitrogens with one attached hydrogen (secondary N) is 1. The van der Waals surface area contributed by atoms with Crippen molar-refractivity contribution in [3.05, 3.63) is 96.1 Å². The summed E-state index contributed by atoms with van der Waals surface area (Å²) in [5, 5.41) is 2.90. The molecule has 6 heteroatoms. The smallest absolute Gasteiger partial charge is 0.256 e. The molecule has 1 aliphatic heterocycles. The summed E-state index contributed by atoms with van der Waals surface area (Å²) in [5.74, 6) is -0.258. The number of rotatable bonds is 6. The Bertz CT molecular complexity index is 1180. The molecule has 0 spiro atoms. The van der Waals surface area contributed by atoms with Crippen LogP contribution in [0.3, 0.4) is 0 Å². The van der Waals surface area contributed by atoms with Crippen LogP contribution in [0.4, 0.5) is 5.69 Å². The molecule has 0 radical (unpaired) electrons. The number of anilines is 1. The van der Waals surface area contributed by atoms with E-state index in [9.17, 15) is 13.2 Å². The minimum Gasteiger partial charge on any atom is -0.322 e. The summed E-state index contributed by atoms with van der Waals surface area (Å²) >= 11 is 0. The van der Waals surface area contributed by atoms with Crippen LogP contribution in [0.5, 0.6) is 0 Å². The third-order valence-electron chi connectivity index (χ3n) is 5.50. The second kappa shape index (κ2) is 9.94. The van der Waals surface area contributed by atoms with Gasteiger partial charge in [-0.1, -0.05) is 67.1 Å². The molecule has 0 saturated carbocycles. The first-order valence-electron chi connectivity index (χ1n) is 10.8. The molecule has 0 bridgehead atoms. The normalized spacial score (nSPS) is 15.3. The van der Waals surface area contributed by atoms with Crippen molar-refractivity contribution in [2.24, 2.45) is 0 Å². The van der Waals surface area contributed by atoms with E-state index in [1.165, 1.54) is 0 Å². The van der Waals surface area contributed by atoms with E-state index in [4.69, 9.17) is 0 Å². The van der Waals surface area contributed by atoms with Crippen molar-refractivity contribution in [3.63, 3.8) is 0 Å². The Morgan fingerprint density at radius 3 is 2.00 bits per heavy atom. The third-order valence-corrected chi connectivity index (χ3v) is 7.42. The van der Waals surface area contributed by atoms with Gasteiger partial charge in [-0.3, -0.25) is 4.79 Å². The molecule has 1 fully saturated rings. The van der Waals surface area contributed by atoms with Gasteiger partial charge in [-0.2, -0.15) is 4.31 Å². The molecule has 0 atom stereocenters. The van der Waals surface area contributed by atoms with Crippen molar-refractivity contribution in [3.8, 4) is 0 Å². The maximum Gasteiger partial charge on any atom is 0.256 e. The fourth-order valence-electron chi connectivity index (χ4n) is 3.78. The maximum atomic E-state index is 13.1. The zero-order chi connectivity index (χ0) is 22.4. The lowest BCUT2D eigenvalue weighted by molar-refractivity contribution is -0.111. The molecule has 1 heterocycles. The highest BCUT2D eigenvalue weighted by atomic mass is 32.2. The Morgan fingerprint density at radius 1 is 0.781 bits per heavy atom. The quantitative estimate of drug-likeness (QED) is 0.426. The van der Waals surface area contributed by atoms with Crippen molar-refractivity contribution < 1.29 is 13.2 Å². The minimum absolute atomic E-state index is 0.250. The van der Waals surface area contributed by atoms with Crippen molar-refractivity contribution >= 4 is 33.3 Å². The van der Waals surface area contributed by atoms with Gasteiger partial charge in [0.05, 0.1) is 4.90 Å². The largest absolute Gasteiger partial charge is 0.322 e. The topological polar surface area (TPSA) is 66.5 Å². The number of sulfonamides is 1. The first kappa shape index (κ1) is 22.0. The van der Waals surface area contributed by atoms with Crippen LogP contribution in [0.1, 0.15) is 30.4 Å². The molecule has 3 aromatic carbocycles. The molecule has 4 rings (SSSR count). The average Bonchev–Trinajstić information content (AvgIpc) is 2.84. The van der Waals surface area contributed by atoms with E-state index in [2.05, 4.69) is 5.32 Å². The van der Waals surface area contributed by atoms with Gasteiger partial charge < -0.3 is 5.32 Å². The lowest BCUT2D eigenvalue weighted by Crippen LogP contribution is -2.35. The van der Waals surface area contributed by atoms with Gasteiger partial charge in [-0.15, -0.1) is 0 Å². The molecule has 0 aromatic heterocycles. The van der Waals surface area contributed by atoms with Crippen LogP contribution in [-0.4, -0.2) is 31.7 Å². The number of piperidine rings is 1. The zero-order valence-electron chi connectivity index (χ0n) is 17.8. The van der Waals surface area contributed by atoms with Gasteiger partial charge in [0, 0.05) is 24.4 Å².